The fraction of sp³-hybridized carbons (Fsp3) is 0.111. The molecule has 0 saturated heterocycles. The van der Waals surface area contributed by atoms with Gasteiger partial charge in [-0.15, -0.1) is 10.2 Å². The van der Waals surface area contributed by atoms with Gasteiger partial charge < -0.3 is 4.57 Å². The average molecular weight is 430 g/mol. The average Bonchev–Trinajstić information content (AvgIpc) is 3.01. The number of rotatable bonds is 6. The number of nitrogens with one attached hydrogen (secondary N) is 1. The highest BCUT2D eigenvalue weighted by molar-refractivity contribution is 9.10. The topological polar surface area (TPSA) is 72.2 Å². The minimum absolute atomic E-state index is 0.203. The highest BCUT2D eigenvalue weighted by Gasteiger charge is 2.12. The van der Waals surface area contributed by atoms with Gasteiger partial charge in [0.1, 0.15) is 0 Å². The molecule has 0 spiro atoms. The number of thioether (sulfide) groups is 1. The molecule has 0 saturated carbocycles. The van der Waals surface area contributed by atoms with E-state index in [0.29, 0.717) is 5.16 Å². The van der Waals surface area contributed by atoms with Crippen molar-refractivity contribution in [1.82, 2.24) is 20.2 Å². The Labute approximate surface area is 163 Å². The Kier molecular flexibility index (Phi) is 6.19. The van der Waals surface area contributed by atoms with Crippen LogP contribution in [0.1, 0.15) is 5.56 Å². The molecule has 0 bridgehead atoms. The number of halogens is 1. The Bertz CT molecular complexity index is 926. The molecule has 0 aliphatic heterocycles. The van der Waals surface area contributed by atoms with E-state index in [4.69, 9.17) is 0 Å². The molecule has 0 fully saturated rings. The summed E-state index contributed by atoms with van der Waals surface area (Å²) < 4.78 is 2.83. The number of aromatic nitrogens is 3. The first-order valence-corrected chi connectivity index (χ1v) is 9.56. The minimum Gasteiger partial charge on any atom is -0.305 e. The summed E-state index contributed by atoms with van der Waals surface area (Å²) in [5, 5.41) is 13.0. The van der Waals surface area contributed by atoms with Gasteiger partial charge in [0, 0.05) is 17.1 Å². The molecule has 8 heteroatoms. The van der Waals surface area contributed by atoms with E-state index >= 15 is 0 Å². The van der Waals surface area contributed by atoms with Gasteiger partial charge in [0.2, 0.25) is 0 Å². The zero-order valence-corrected chi connectivity index (χ0v) is 16.4. The second-order valence-corrected chi connectivity index (χ2v) is 7.23. The Balaban J connectivity index is 1.54. The third-order valence-electron chi connectivity index (χ3n) is 3.45. The van der Waals surface area contributed by atoms with E-state index in [1.807, 2.05) is 66.2 Å². The Hall–Kier alpha value is -2.45. The zero-order chi connectivity index (χ0) is 18.4. The Morgan fingerprint density at radius 2 is 2.04 bits per heavy atom. The highest BCUT2D eigenvalue weighted by atomic mass is 79.9. The van der Waals surface area contributed by atoms with Crippen LogP contribution in [0.4, 0.5) is 0 Å². The van der Waals surface area contributed by atoms with Crippen LogP contribution in [-0.2, 0) is 11.8 Å². The minimum atomic E-state index is -0.203. The lowest BCUT2D eigenvalue weighted by atomic mass is 10.2. The number of amides is 1. The monoisotopic (exact) mass is 429 g/mol. The predicted molar refractivity (Wildman–Crippen MR) is 107 cm³/mol. The molecule has 1 N–H and O–H groups in total. The van der Waals surface area contributed by atoms with Gasteiger partial charge in [0.05, 0.1) is 12.0 Å². The van der Waals surface area contributed by atoms with Crippen LogP contribution in [0, 0.1) is 0 Å². The van der Waals surface area contributed by atoms with Crippen LogP contribution in [0.25, 0.3) is 11.4 Å². The van der Waals surface area contributed by atoms with Crippen LogP contribution in [0.15, 0.2) is 69.3 Å². The quantitative estimate of drug-likeness (QED) is 0.369. The maximum Gasteiger partial charge on any atom is 0.250 e. The van der Waals surface area contributed by atoms with E-state index < -0.39 is 0 Å². The van der Waals surface area contributed by atoms with Crippen molar-refractivity contribution in [1.29, 1.82) is 0 Å². The maximum atomic E-state index is 11.9. The van der Waals surface area contributed by atoms with Crippen LogP contribution >= 0.6 is 27.7 Å². The molecular weight excluding hydrogens is 414 g/mol. The van der Waals surface area contributed by atoms with Gasteiger partial charge in [-0.3, -0.25) is 4.79 Å². The molecule has 1 heterocycles. The lowest BCUT2D eigenvalue weighted by Gasteiger charge is -2.03. The van der Waals surface area contributed by atoms with Gasteiger partial charge in [-0.25, -0.2) is 5.43 Å². The van der Waals surface area contributed by atoms with Crippen LogP contribution in [0.5, 0.6) is 0 Å². The molecule has 132 valence electrons. The molecule has 0 unspecified atom stereocenters. The number of hydrazone groups is 1. The number of hydrogen-bond acceptors (Lipinski definition) is 5. The summed E-state index contributed by atoms with van der Waals surface area (Å²) in [6.07, 6.45) is 1.60. The molecule has 0 aliphatic rings. The van der Waals surface area contributed by atoms with Gasteiger partial charge in [-0.2, -0.15) is 5.10 Å². The van der Waals surface area contributed by atoms with E-state index in [1.165, 1.54) is 11.8 Å². The fourth-order valence-corrected chi connectivity index (χ4v) is 3.33. The second-order valence-electron chi connectivity index (χ2n) is 5.37. The van der Waals surface area contributed by atoms with E-state index in [2.05, 4.69) is 36.7 Å². The summed E-state index contributed by atoms with van der Waals surface area (Å²) in [6.45, 7) is 0. The molecule has 0 radical (unpaired) electrons. The molecule has 0 aliphatic carbocycles. The maximum absolute atomic E-state index is 11.9. The number of benzene rings is 2. The van der Waals surface area contributed by atoms with Crippen molar-refractivity contribution in [2.45, 2.75) is 5.16 Å². The summed E-state index contributed by atoms with van der Waals surface area (Å²) in [6, 6.07) is 17.5. The molecule has 1 amide bonds. The second kappa shape index (κ2) is 8.77. The van der Waals surface area contributed by atoms with Gasteiger partial charge in [0.25, 0.3) is 5.91 Å². The van der Waals surface area contributed by atoms with E-state index in [1.54, 1.807) is 6.21 Å². The van der Waals surface area contributed by atoms with Crippen molar-refractivity contribution >= 4 is 39.8 Å². The first-order chi connectivity index (χ1) is 12.6. The predicted octanol–water partition coefficient (Wildman–Crippen LogP) is 3.49. The normalized spacial score (nSPS) is 11.0. The molecule has 2 aromatic carbocycles. The van der Waals surface area contributed by atoms with Gasteiger partial charge >= 0.3 is 0 Å². The Morgan fingerprint density at radius 3 is 2.81 bits per heavy atom. The molecular formula is C18H16BrN5OS. The molecule has 0 atom stereocenters. The van der Waals surface area contributed by atoms with Crippen molar-refractivity contribution < 1.29 is 4.79 Å². The summed E-state index contributed by atoms with van der Waals surface area (Å²) in [5.74, 6) is 0.767. The number of hydrogen-bond donors (Lipinski definition) is 1. The fourth-order valence-electron chi connectivity index (χ4n) is 2.21. The summed E-state index contributed by atoms with van der Waals surface area (Å²) in [5.41, 5.74) is 4.40. The number of nitrogens with zero attached hydrogens (tertiary/aromatic N) is 4. The summed E-state index contributed by atoms with van der Waals surface area (Å²) >= 11 is 4.71. The van der Waals surface area contributed by atoms with Crippen LogP contribution < -0.4 is 5.43 Å². The van der Waals surface area contributed by atoms with Gasteiger partial charge in [0.15, 0.2) is 11.0 Å². The van der Waals surface area contributed by atoms with Crippen LogP contribution in [-0.4, -0.2) is 32.6 Å². The highest BCUT2D eigenvalue weighted by Crippen LogP contribution is 2.22. The van der Waals surface area contributed by atoms with Crippen LogP contribution in [0.2, 0.25) is 0 Å². The van der Waals surface area contributed by atoms with Gasteiger partial charge in [-0.1, -0.05) is 70.2 Å². The largest absolute Gasteiger partial charge is 0.305 e. The van der Waals surface area contributed by atoms with Crippen molar-refractivity contribution in [3.8, 4) is 11.4 Å². The lowest BCUT2D eigenvalue weighted by molar-refractivity contribution is -0.118. The first kappa shape index (κ1) is 18.3. The van der Waals surface area contributed by atoms with E-state index in [0.717, 1.165) is 21.4 Å². The lowest BCUT2D eigenvalue weighted by Crippen LogP contribution is -2.19. The smallest absolute Gasteiger partial charge is 0.250 e. The molecule has 3 rings (SSSR count). The molecule has 26 heavy (non-hydrogen) atoms. The third-order valence-corrected chi connectivity index (χ3v) is 4.96. The van der Waals surface area contributed by atoms with Crippen molar-refractivity contribution in [2.24, 2.45) is 12.1 Å². The SMILES string of the molecule is Cn1c(SCC(=O)NN=Cc2cccc(Br)c2)nnc1-c1ccccc1. The number of carbonyl (C=O) groups is 1. The third kappa shape index (κ3) is 4.80. The molecule has 1 aromatic heterocycles. The standard InChI is InChI=1S/C18H16BrN5OS/c1-24-17(14-7-3-2-4-8-14)22-23-18(24)26-12-16(25)21-20-11-13-6-5-9-15(19)10-13/h2-11H,12H2,1H3,(H,21,25). The van der Waals surface area contributed by atoms with Crippen LogP contribution in [0.3, 0.4) is 0 Å². The molecule has 3 aromatic rings. The van der Waals surface area contributed by atoms with E-state index in [-0.39, 0.29) is 11.7 Å². The van der Waals surface area contributed by atoms with Crippen molar-refractivity contribution in [3.63, 3.8) is 0 Å². The Morgan fingerprint density at radius 1 is 1.23 bits per heavy atom. The van der Waals surface area contributed by atoms with Crippen molar-refractivity contribution in [2.75, 3.05) is 5.75 Å². The first-order valence-electron chi connectivity index (χ1n) is 7.78. The zero-order valence-electron chi connectivity index (χ0n) is 14.0. The number of carbonyl (C=O) groups excluding carboxylic acids is 1. The van der Waals surface area contributed by atoms with Crippen molar-refractivity contribution in [3.05, 3.63) is 64.6 Å². The molecule has 6 nitrogen and oxygen atoms in total. The van der Waals surface area contributed by atoms with E-state index in [9.17, 15) is 4.79 Å². The summed E-state index contributed by atoms with van der Waals surface area (Å²) in [7, 11) is 1.88. The van der Waals surface area contributed by atoms with Gasteiger partial charge in [-0.05, 0) is 17.7 Å². The summed E-state index contributed by atoms with van der Waals surface area (Å²) in [4.78, 5) is 11.9.